The Bertz CT molecular complexity index is 575. The van der Waals surface area contributed by atoms with Gasteiger partial charge in [-0.25, -0.2) is 8.42 Å². The van der Waals surface area contributed by atoms with Gasteiger partial charge < -0.3 is 10.4 Å². The Kier molecular flexibility index (Phi) is 5.75. The summed E-state index contributed by atoms with van der Waals surface area (Å²) in [5, 5.41) is 12.0. The van der Waals surface area contributed by atoms with Crippen molar-refractivity contribution >= 4 is 21.6 Å². The molecule has 3 N–H and O–H groups in total. The van der Waals surface area contributed by atoms with Gasteiger partial charge in [-0.15, -0.1) is 0 Å². The third-order valence-electron chi connectivity index (χ3n) is 2.55. The predicted octanol–water partition coefficient (Wildman–Crippen LogP) is 1.24. The smallest absolute Gasteiger partial charge is 0.251 e. The van der Waals surface area contributed by atoms with Crippen LogP contribution in [0.2, 0.25) is 0 Å². The first kappa shape index (κ1) is 16.2. The van der Waals surface area contributed by atoms with Gasteiger partial charge in [0.1, 0.15) is 5.75 Å². The summed E-state index contributed by atoms with van der Waals surface area (Å²) in [6.45, 7) is -0.576. The standard InChI is InChI=1S/C12H17FN2O4S/c1-14-12(17)9-4-5-11(16)10(8-9)15-20(18,19)7-3-2-6-13/h4-5,8,15-16H,2-3,6-7H2,1H3,(H,14,17). The van der Waals surface area contributed by atoms with Crippen molar-refractivity contribution in [2.75, 3.05) is 24.2 Å². The normalized spacial score (nSPS) is 11.1. The van der Waals surface area contributed by atoms with Gasteiger partial charge in [-0.3, -0.25) is 13.9 Å². The molecule has 1 amide bonds. The molecule has 0 aromatic heterocycles. The van der Waals surface area contributed by atoms with E-state index in [1.807, 2.05) is 0 Å². The highest BCUT2D eigenvalue weighted by molar-refractivity contribution is 7.92. The van der Waals surface area contributed by atoms with Crippen LogP contribution in [0.15, 0.2) is 18.2 Å². The molecular formula is C12H17FN2O4S. The number of unbranched alkanes of at least 4 members (excludes halogenated alkanes) is 1. The molecule has 0 heterocycles. The molecule has 0 fully saturated rings. The van der Waals surface area contributed by atoms with E-state index in [-0.39, 0.29) is 35.6 Å². The van der Waals surface area contributed by atoms with Gasteiger partial charge in [-0.1, -0.05) is 0 Å². The molecule has 20 heavy (non-hydrogen) atoms. The minimum absolute atomic E-state index is 0.0775. The van der Waals surface area contributed by atoms with Crippen LogP contribution in [0.1, 0.15) is 23.2 Å². The van der Waals surface area contributed by atoms with Gasteiger partial charge >= 0.3 is 0 Å². The topological polar surface area (TPSA) is 95.5 Å². The van der Waals surface area contributed by atoms with Gasteiger partial charge in [0.15, 0.2) is 0 Å². The van der Waals surface area contributed by atoms with Crippen molar-refractivity contribution in [2.24, 2.45) is 0 Å². The zero-order valence-electron chi connectivity index (χ0n) is 11.0. The summed E-state index contributed by atoms with van der Waals surface area (Å²) in [6, 6.07) is 3.83. The fraction of sp³-hybridized carbons (Fsp3) is 0.417. The van der Waals surface area contributed by atoms with Gasteiger partial charge in [0.05, 0.1) is 18.1 Å². The predicted molar refractivity (Wildman–Crippen MR) is 74.1 cm³/mol. The maximum absolute atomic E-state index is 11.9. The number of aromatic hydroxyl groups is 1. The average Bonchev–Trinajstić information content (AvgIpc) is 2.40. The summed E-state index contributed by atoms with van der Waals surface area (Å²) in [5.74, 6) is -0.935. The molecule has 8 heteroatoms. The second-order valence-electron chi connectivity index (χ2n) is 4.13. The number of hydrogen-bond donors (Lipinski definition) is 3. The summed E-state index contributed by atoms with van der Waals surface area (Å²) >= 11 is 0. The lowest BCUT2D eigenvalue weighted by Crippen LogP contribution is -2.19. The van der Waals surface area contributed by atoms with E-state index in [1.165, 1.54) is 25.2 Å². The van der Waals surface area contributed by atoms with Crippen LogP contribution in [0.3, 0.4) is 0 Å². The Morgan fingerprint density at radius 2 is 2.05 bits per heavy atom. The first-order valence-corrected chi connectivity index (χ1v) is 7.66. The van der Waals surface area contributed by atoms with Crippen molar-refractivity contribution in [1.29, 1.82) is 0 Å². The SMILES string of the molecule is CNC(=O)c1ccc(O)c(NS(=O)(=O)CCCCF)c1. The highest BCUT2D eigenvalue weighted by Crippen LogP contribution is 2.25. The van der Waals surface area contributed by atoms with Crippen LogP contribution >= 0.6 is 0 Å². The van der Waals surface area contributed by atoms with E-state index < -0.39 is 22.6 Å². The minimum atomic E-state index is -3.69. The maximum atomic E-state index is 11.9. The average molecular weight is 304 g/mol. The molecule has 6 nitrogen and oxygen atoms in total. The van der Waals surface area contributed by atoms with Crippen LogP contribution in [-0.4, -0.2) is 38.9 Å². The van der Waals surface area contributed by atoms with Crippen molar-refractivity contribution in [3.05, 3.63) is 23.8 Å². The molecule has 0 radical (unpaired) electrons. The van der Waals surface area contributed by atoms with E-state index in [9.17, 15) is 22.7 Å². The van der Waals surface area contributed by atoms with E-state index in [0.29, 0.717) is 0 Å². The summed E-state index contributed by atoms with van der Waals surface area (Å²) in [4.78, 5) is 11.4. The molecule has 0 spiro atoms. The molecule has 0 saturated carbocycles. The molecule has 0 atom stereocenters. The number of phenols is 1. The molecule has 0 saturated heterocycles. The fourth-order valence-electron chi connectivity index (χ4n) is 1.51. The molecule has 0 unspecified atom stereocenters. The van der Waals surface area contributed by atoms with Crippen molar-refractivity contribution in [3.8, 4) is 5.75 Å². The Balaban J connectivity index is 2.88. The zero-order chi connectivity index (χ0) is 15.2. The van der Waals surface area contributed by atoms with E-state index in [1.54, 1.807) is 0 Å². The van der Waals surface area contributed by atoms with Crippen LogP contribution in [0.25, 0.3) is 0 Å². The van der Waals surface area contributed by atoms with Gasteiger partial charge in [0, 0.05) is 12.6 Å². The quantitative estimate of drug-likeness (QED) is 0.522. The summed E-state index contributed by atoms with van der Waals surface area (Å²) in [5.41, 5.74) is 0.137. The van der Waals surface area contributed by atoms with Gasteiger partial charge in [0.25, 0.3) is 5.91 Å². The third-order valence-corrected chi connectivity index (χ3v) is 3.91. The highest BCUT2D eigenvalue weighted by atomic mass is 32.2. The molecular weight excluding hydrogens is 287 g/mol. The number of carbonyl (C=O) groups is 1. The van der Waals surface area contributed by atoms with Gasteiger partial charge in [-0.05, 0) is 31.0 Å². The largest absolute Gasteiger partial charge is 0.506 e. The van der Waals surface area contributed by atoms with Crippen LogP contribution in [-0.2, 0) is 10.0 Å². The Morgan fingerprint density at radius 1 is 1.35 bits per heavy atom. The second-order valence-corrected chi connectivity index (χ2v) is 5.97. The molecule has 0 bridgehead atoms. The fourth-order valence-corrected chi connectivity index (χ4v) is 2.69. The number of alkyl halides is 1. The van der Waals surface area contributed by atoms with E-state index >= 15 is 0 Å². The second kappa shape index (κ2) is 7.09. The number of halogens is 1. The monoisotopic (exact) mass is 304 g/mol. The first-order chi connectivity index (χ1) is 9.39. The summed E-state index contributed by atoms with van der Waals surface area (Å²) in [7, 11) is -2.25. The number of amides is 1. The van der Waals surface area contributed by atoms with Crippen molar-refractivity contribution in [1.82, 2.24) is 5.32 Å². The maximum Gasteiger partial charge on any atom is 0.251 e. The van der Waals surface area contributed by atoms with Crippen molar-refractivity contribution in [2.45, 2.75) is 12.8 Å². The number of anilines is 1. The molecule has 0 aliphatic rings. The number of benzene rings is 1. The zero-order valence-corrected chi connectivity index (χ0v) is 11.8. The number of phenolic OH excluding ortho intramolecular Hbond substituents is 1. The number of hydrogen-bond acceptors (Lipinski definition) is 4. The number of sulfonamides is 1. The van der Waals surface area contributed by atoms with Crippen LogP contribution < -0.4 is 10.0 Å². The number of nitrogens with one attached hydrogen (secondary N) is 2. The Hall–Kier alpha value is -1.83. The lowest BCUT2D eigenvalue weighted by atomic mass is 10.2. The van der Waals surface area contributed by atoms with Crippen LogP contribution in [0.4, 0.5) is 10.1 Å². The lowest BCUT2D eigenvalue weighted by molar-refractivity contribution is 0.0963. The Labute approximate surface area is 117 Å². The molecule has 1 rings (SSSR count). The molecule has 1 aromatic rings. The molecule has 112 valence electrons. The van der Waals surface area contributed by atoms with Crippen molar-refractivity contribution in [3.63, 3.8) is 0 Å². The summed E-state index contributed by atoms with van der Waals surface area (Å²) < 4.78 is 37.6. The van der Waals surface area contributed by atoms with E-state index in [0.717, 1.165) is 0 Å². The number of carbonyl (C=O) groups excluding carboxylic acids is 1. The van der Waals surface area contributed by atoms with Crippen LogP contribution in [0, 0.1) is 0 Å². The Morgan fingerprint density at radius 3 is 2.65 bits per heavy atom. The van der Waals surface area contributed by atoms with Gasteiger partial charge in [-0.2, -0.15) is 0 Å². The lowest BCUT2D eigenvalue weighted by Gasteiger charge is -2.10. The van der Waals surface area contributed by atoms with E-state index in [2.05, 4.69) is 10.0 Å². The van der Waals surface area contributed by atoms with Crippen molar-refractivity contribution < 1.29 is 22.7 Å². The number of rotatable bonds is 7. The van der Waals surface area contributed by atoms with Gasteiger partial charge in [0.2, 0.25) is 10.0 Å². The molecule has 1 aromatic carbocycles. The summed E-state index contributed by atoms with van der Waals surface area (Å²) in [6.07, 6.45) is 0.340. The van der Waals surface area contributed by atoms with Crippen LogP contribution in [0.5, 0.6) is 5.75 Å². The first-order valence-electron chi connectivity index (χ1n) is 6.01. The molecule has 0 aliphatic carbocycles. The minimum Gasteiger partial charge on any atom is -0.506 e. The third kappa shape index (κ3) is 4.69. The molecule has 0 aliphatic heterocycles. The highest BCUT2D eigenvalue weighted by Gasteiger charge is 2.14. The van der Waals surface area contributed by atoms with E-state index in [4.69, 9.17) is 0 Å².